The van der Waals surface area contributed by atoms with Crippen molar-refractivity contribution < 1.29 is 4.42 Å². The van der Waals surface area contributed by atoms with Crippen molar-refractivity contribution in [2.24, 2.45) is 0 Å². The van der Waals surface area contributed by atoms with Gasteiger partial charge in [-0.3, -0.25) is 9.13 Å². The first-order chi connectivity index (χ1) is 14.8. The molecule has 2 aromatic heterocycles. The zero-order valence-electron chi connectivity index (χ0n) is 16.3. The number of hydrogen-bond acceptors (Lipinski definition) is 2. The zero-order valence-corrected chi connectivity index (χ0v) is 17.1. The fourth-order valence-electron chi connectivity index (χ4n) is 3.84. The van der Waals surface area contributed by atoms with Crippen molar-refractivity contribution in [2.45, 2.75) is 6.42 Å². The third kappa shape index (κ3) is 3.31. The van der Waals surface area contributed by atoms with Gasteiger partial charge in [0, 0.05) is 23.4 Å². The van der Waals surface area contributed by atoms with Crippen molar-refractivity contribution in [1.82, 2.24) is 9.13 Å². The van der Waals surface area contributed by atoms with Crippen molar-refractivity contribution in [3.8, 4) is 22.6 Å². The molecule has 0 aliphatic rings. The number of benzene rings is 3. The van der Waals surface area contributed by atoms with E-state index < -0.39 is 0 Å². The van der Waals surface area contributed by atoms with E-state index in [9.17, 15) is 0 Å². The number of hydrogen-bond donors (Lipinski definition) is 0. The molecule has 3 aromatic carbocycles. The summed E-state index contributed by atoms with van der Waals surface area (Å²) in [6, 6.07) is 34.9. The van der Waals surface area contributed by atoms with E-state index in [1.807, 2.05) is 54.6 Å². The zero-order chi connectivity index (χ0) is 20.3. The van der Waals surface area contributed by atoms with Gasteiger partial charge in [0.05, 0.1) is 17.7 Å². The average molecular weight is 409 g/mol. The number of rotatable bonds is 5. The lowest BCUT2D eigenvalue weighted by molar-refractivity contribution is 0.518. The molecule has 0 saturated carbocycles. The van der Waals surface area contributed by atoms with E-state index in [0.717, 1.165) is 38.9 Å². The van der Waals surface area contributed by atoms with Crippen LogP contribution in [0.25, 0.3) is 22.6 Å². The molecule has 0 amide bonds. The second-order valence-electron chi connectivity index (χ2n) is 7.04. The van der Waals surface area contributed by atoms with Crippen molar-refractivity contribution in [3.05, 3.63) is 126 Å². The first-order valence-electron chi connectivity index (χ1n) is 9.88. The summed E-state index contributed by atoms with van der Waals surface area (Å²) < 4.78 is 10.8. The van der Waals surface area contributed by atoms with E-state index in [-0.39, 0.29) is 0 Å². The highest BCUT2D eigenvalue weighted by Crippen LogP contribution is 2.33. The minimum absolute atomic E-state index is 0.635. The monoisotopic (exact) mass is 408 g/mol. The topological polar surface area (TPSA) is 23.0 Å². The quantitative estimate of drug-likeness (QED) is 0.297. The van der Waals surface area contributed by atoms with E-state index >= 15 is 0 Å². The summed E-state index contributed by atoms with van der Waals surface area (Å²) in [6.07, 6.45) is 2.35. The van der Waals surface area contributed by atoms with Crippen LogP contribution in [-0.2, 0) is 6.42 Å². The van der Waals surface area contributed by atoms with Crippen LogP contribution in [0.5, 0.6) is 0 Å². The summed E-state index contributed by atoms with van der Waals surface area (Å²) in [5.74, 6) is 0.900. The molecule has 0 bridgehead atoms. The van der Waals surface area contributed by atoms with Gasteiger partial charge in [-0.05, 0) is 48.6 Å². The van der Waals surface area contributed by atoms with Gasteiger partial charge in [0.2, 0.25) is 0 Å². The summed E-state index contributed by atoms with van der Waals surface area (Å²) in [5.41, 5.74) is 5.36. The third-order valence-corrected chi connectivity index (χ3v) is 5.51. The molecule has 2 heterocycles. The van der Waals surface area contributed by atoms with Crippen LogP contribution in [0.4, 0.5) is 0 Å². The van der Waals surface area contributed by atoms with Gasteiger partial charge in [0.15, 0.2) is 4.77 Å². The largest absolute Gasteiger partial charge is 0.469 e. The fraction of sp³-hybridized carbons (Fsp3) is 0.0385. The second kappa shape index (κ2) is 8.01. The maximum absolute atomic E-state index is 6.06. The van der Waals surface area contributed by atoms with Gasteiger partial charge < -0.3 is 4.42 Å². The number of aromatic nitrogens is 2. The van der Waals surface area contributed by atoms with Crippen LogP contribution < -0.4 is 0 Å². The minimum Gasteiger partial charge on any atom is -0.469 e. The normalized spacial score (nSPS) is 10.9. The van der Waals surface area contributed by atoms with E-state index in [1.54, 1.807) is 6.26 Å². The van der Waals surface area contributed by atoms with Gasteiger partial charge in [-0.15, -0.1) is 0 Å². The van der Waals surface area contributed by atoms with E-state index in [2.05, 4.69) is 57.7 Å². The van der Waals surface area contributed by atoms with E-state index in [4.69, 9.17) is 16.6 Å². The van der Waals surface area contributed by atoms with Gasteiger partial charge in [-0.25, -0.2) is 0 Å². The molecule has 3 nitrogen and oxygen atoms in total. The molecule has 5 aromatic rings. The average Bonchev–Trinajstić information content (AvgIpc) is 3.41. The fourth-order valence-corrected chi connectivity index (χ4v) is 4.25. The van der Waals surface area contributed by atoms with Gasteiger partial charge in [0.25, 0.3) is 0 Å². The van der Waals surface area contributed by atoms with E-state index in [1.165, 1.54) is 0 Å². The van der Waals surface area contributed by atoms with Crippen LogP contribution >= 0.6 is 12.2 Å². The summed E-state index contributed by atoms with van der Waals surface area (Å²) >= 11 is 6.06. The van der Waals surface area contributed by atoms with Crippen molar-refractivity contribution in [3.63, 3.8) is 0 Å². The highest BCUT2D eigenvalue weighted by molar-refractivity contribution is 7.71. The molecule has 0 saturated heterocycles. The lowest BCUT2D eigenvalue weighted by atomic mass is 10.1. The van der Waals surface area contributed by atoms with Crippen molar-refractivity contribution >= 4 is 12.2 Å². The molecule has 30 heavy (non-hydrogen) atoms. The molecule has 0 radical (unpaired) electrons. The minimum atomic E-state index is 0.635. The Morgan fingerprint density at radius 2 is 1.20 bits per heavy atom. The molecule has 0 aliphatic heterocycles. The Bertz CT molecular complexity index is 1300. The van der Waals surface area contributed by atoms with Crippen LogP contribution in [0.15, 0.2) is 114 Å². The Labute approximate surface area is 180 Å². The van der Waals surface area contributed by atoms with Crippen molar-refractivity contribution in [2.75, 3.05) is 0 Å². The van der Waals surface area contributed by atoms with Crippen LogP contribution in [0.2, 0.25) is 0 Å². The first kappa shape index (κ1) is 18.4. The molecule has 0 N–H and O–H groups in total. The molecule has 4 heteroatoms. The highest BCUT2D eigenvalue weighted by Gasteiger charge is 2.22. The smallest absolute Gasteiger partial charge is 0.189 e. The van der Waals surface area contributed by atoms with Gasteiger partial charge >= 0.3 is 0 Å². The Balaban J connectivity index is 1.87. The Hall–Kier alpha value is -3.63. The van der Waals surface area contributed by atoms with Crippen LogP contribution in [0.3, 0.4) is 0 Å². The predicted molar refractivity (Wildman–Crippen MR) is 123 cm³/mol. The van der Waals surface area contributed by atoms with Gasteiger partial charge in [0.1, 0.15) is 5.76 Å². The van der Waals surface area contributed by atoms with Gasteiger partial charge in [-0.1, -0.05) is 66.7 Å². The molecule has 0 spiro atoms. The summed E-state index contributed by atoms with van der Waals surface area (Å²) in [7, 11) is 0. The van der Waals surface area contributed by atoms with Crippen LogP contribution in [-0.4, -0.2) is 9.13 Å². The number of imidazole rings is 1. The molecular formula is C26H20N2OS. The Kier molecular flexibility index (Phi) is 4.91. The predicted octanol–water partition coefficient (Wildman–Crippen LogP) is 6.85. The molecule has 0 atom stereocenters. The van der Waals surface area contributed by atoms with Gasteiger partial charge in [-0.2, -0.15) is 0 Å². The highest BCUT2D eigenvalue weighted by atomic mass is 32.1. The van der Waals surface area contributed by atoms with E-state index in [0.29, 0.717) is 6.42 Å². The summed E-state index contributed by atoms with van der Waals surface area (Å²) in [5, 5.41) is 0. The number of nitrogens with zero attached hydrogens (tertiary/aromatic N) is 2. The standard InChI is InChI=1S/C26H20N2OS/c30-26-27(21-13-6-2-7-14-21)24(19-23-17-10-18-29-23)25(20-11-4-1-5-12-20)28(26)22-15-8-3-9-16-22/h1-18H,19H2. The maximum atomic E-state index is 6.06. The maximum Gasteiger partial charge on any atom is 0.189 e. The Morgan fingerprint density at radius 3 is 1.77 bits per heavy atom. The molecule has 0 aliphatic carbocycles. The number of furan rings is 1. The molecule has 0 unspecified atom stereocenters. The second-order valence-corrected chi connectivity index (χ2v) is 7.41. The van der Waals surface area contributed by atoms with Crippen molar-refractivity contribution in [1.29, 1.82) is 0 Å². The molecule has 0 fully saturated rings. The first-order valence-corrected chi connectivity index (χ1v) is 10.3. The SMILES string of the molecule is S=c1n(-c2ccccc2)c(Cc2ccco2)c(-c2ccccc2)n1-c1ccccc1. The summed E-state index contributed by atoms with van der Waals surface area (Å²) in [6.45, 7) is 0. The molecular weight excluding hydrogens is 388 g/mol. The van der Waals surface area contributed by atoms with Crippen LogP contribution in [0.1, 0.15) is 11.5 Å². The number of para-hydroxylation sites is 2. The molecule has 5 rings (SSSR count). The lowest BCUT2D eigenvalue weighted by Gasteiger charge is -2.11. The third-order valence-electron chi connectivity index (χ3n) is 5.15. The molecule has 146 valence electrons. The summed E-state index contributed by atoms with van der Waals surface area (Å²) in [4.78, 5) is 0. The Morgan fingerprint density at radius 1 is 0.633 bits per heavy atom. The van der Waals surface area contributed by atoms with Crippen LogP contribution in [0, 0.1) is 4.77 Å². The lowest BCUT2D eigenvalue weighted by Crippen LogP contribution is -2.02.